The van der Waals surface area contributed by atoms with Gasteiger partial charge in [-0.3, -0.25) is 5.10 Å². The molecule has 1 aliphatic carbocycles. The van der Waals surface area contributed by atoms with E-state index in [2.05, 4.69) is 64.0 Å². The quantitative estimate of drug-likeness (QED) is 0.743. The minimum Gasteiger partial charge on any atom is -0.378 e. The predicted octanol–water partition coefficient (Wildman–Crippen LogP) is 4.13. The molecule has 1 atom stereocenters. The van der Waals surface area contributed by atoms with E-state index in [0.29, 0.717) is 6.04 Å². The van der Waals surface area contributed by atoms with E-state index in [0.717, 1.165) is 16.8 Å². The summed E-state index contributed by atoms with van der Waals surface area (Å²) in [5.41, 5.74) is 3.63. The van der Waals surface area contributed by atoms with Crippen LogP contribution in [-0.4, -0.2) is 10.2 Å². The zero-order valence-corrected chi connectivity index (χ0v) is 11.2. The molecule has 0 bridgehead atoms. The van der Waals surface area contributed by atoms with Crippen molar-refractivity contribution < 1.29 is 0 Å². The van der Waals surface area contributed by atoms with E-state index in [1.165, 1.54) is 24.1 Å². The molecule has 1 aromatic heterocycles. The Morgan fingerprint density at radius 1 is 1.10 bits per heavy atom. The lowest BCUT2D eigenvalue weighted by Crippen LogP contribution is -2.12. The molecule has 3 heteroatoms. The lowest BCUT2D eigenvalue weighted by Gasteiger charge is -2.20. The smallest absolute Gasteiger partial charge is 0.0651 e. The fourth-order valence-electron chi connectivity index (χ4n) is 2.78. The molecule has 3 nitrogen and oxygen atoms in total. The molecule has 1 fully saturated rings. The number of rotatable bonds is 4. The van der Waals surface area contributed by atoms with Crippen LogP contribution in [0.25, 0.3) is 10.9 Å². The number of fused-ring (bicyclic) bond motifs is 1. The molecule has 0 radical (unpaired) electrons. The normalized spacial score (nSPS) is 16.2. The molecule has 20 heavy (non-hydrogen) atoms. The second kappa shape index (κ2) is 4.67. The Bertz CT molecular complexity index is 713. The molecule has 2 N–H and O–H groups in total. The van der Waals surface area contributed by atoms with Gasteiger partial charge >= 0.3 is 0 Å². The zero-order valence-electron chi connectivity index (χ0n) is 11.2. The summed E-state index contributed by atoms with van der Waals surface area (Å²) in [4.78, 5) is 0. The lowest BCUT2D eigenvalue weighted by atomic mass is 10.0. The Hall–Kier alpha value is -2.29. The van der Waals surface area contributed by atoms with Gasteiger partial charge in [0.2, 0.25) is 0 Å². The number of aromatic amines is 1. The van der Waals surface area contributed by atoms with Crippen LogP contribution in [0, 0.1) is 5.92 Å². The second-order valence-electron chi connectivity index (χ2n) is 5.54. The van der Waals surface area contributed by atoms with Crippen molar-refractivity contribution in [2.45, 2.75) is 18.9 Å². The Morgan fingerprint density at radius 2 is 1.95 bits per heavy atom. The number of nitrogens with zero attached hydrogens (tertiary/aromatic N) is 1. The van der Waals surface area contributed by atoms with E-state index in [9.17, 15) is 0 Å². The molecule has 0 aliphatic heterocycles. The van der Waals surface area contributed by atoms with Gasteiger partial charge in [0.1, 0.15) is 0 Å². The molecule has 1 aliphatic rings. The van der Waals surface area contributed by atoms with Crippen LogP contribution in [0.15, 0.2) is 54.7 Å². The summed E-state index contributed by atoms with van der Waals surface area (Å²) in [7, 11) is 0. The first kappa shape index (κ1) is 11.5. The molecule has 100 valence electrons. The van der Waals surface area contributed by atoms with Gasteiger partial charge in [-0.1, -0.05) is 30.3 Å². The van der Waals surface area contributed by atoms with Crippen LogP contribution in [0.4, 0.5) is 5.69 Å². The number of H-pyrrole nitrogens is 1. The number of hydrogen-bond donors (Lipinski definition) is 2. The number of hydrogen-bond acceptors (Lipinski definition) is 2. The minimum atomic E-state index is 0.417. The molecule has 1 saturated carbocycles. The first-order valence-corrected chi connectivity index (χ1v) is 7.15. The third-order valence-electron chi connectivity index (χ3n) is 4.01. The lowest BCUT2D eigenvalue weighted by molar-refractivity contribution is 0.679. The molecule has 0 spiro atoms. The van der Waals surface area contributed by atoms with Crippen LogP contribution >= 0.6 is 0 Å². The van der Waals surface area contributed by atoms with E-state index in [-0.39, 0.29) is 0 Å². The summed E-state index contributed by atoms with van der Waals surface area (Å²) in [5, 5.41) is 11.9. The van der Waals surface area contributed by atoms with Gasteiger partial charge in [-0.05, 0) is 42.5 Å². The first-order chi connectivity index (χ1) is 9.90. The highest BCUT2D eigenvalue weighted by Crippen LogP contribution is 2.42. The van der Waals surface area contributed by atoms with Gasteiger partial charge in [0.05, 0.1) is 17.8 Å². The second-order valence-corrected chi connectivity index (χ2v) is 5.54. The van der Waals surface area contributed by atoms with Crippen molar-refractivity contribution in [2.24, 2.45) is 5.92 Å². The number of benzene rings is 2. The summed E-state index contributed by atoms with van der Waals surface area (Å²) in [5.74, 6) is 0.762. The highest BCUT2D eigenvalue weighted by molar-refractivity contribution is 5.81. The van der Waals surface area contributed by atoms with Crippen molar-refractivity contribution in [3.05, 3.63) is 60.3 Å². The molecule has 1 heterocycles. The summed E-state index contributed by atoms with van der Waals surface area (Å²) in [6.45, 7) is 0. The number of aromatic nitrogens is 2. The van der Waals surface area contributed by atoms with E-state index in [1.54, 1.807) is 0 Å². The SMILES string of the molecule is c1ccc(C(Nc2ccc3[nH]ncc3c2)C2CC2)cc1. The van der Waals surface area contributed by atoms with Crippen LogP contribution < -0.4 is 5.32 Å². The van der Waals surface area contributed by atoms with Crippen molar-refractivity contribution in [3.8, 4) is 0 Å². The molecular weight excluding hydrogens is 246 g/mol. The monoisotopic (exact) mass is 263 g/mol. The maximum Gasteiger partial charge on any atom is 0.0651 e. The zero-order chi connectivity index (χ0) is 13.4. The topological polar surface area (TPSA) is 40.7 Å². The van der Waals surface area contributed by atoms with Gasteiger partial charge in [0, 0.05) is 11.1 Å². The van der Waals surface area contributed by atoms with Crippen LogP contribution in [-0.2, 0) is 0 Å². The molecule has 0 amide bonds. The molecular formula is C17H17N3. The van der Waals surface area contributed by atoms with E-state index in [4.69, 9.17) is 0 Å². The summed E-state index contributed by atoms with van der Waals surface area (Å²) in [6, 6.07) is 17.5. The molecule has 0 saturated heterocycles. The highest BCUT2D eigenvalue weighted by Gasteiger charge is 2.32. The average molecular weight is 263 g/mol. The van der Waals surface area contributed by atoms with Gasteiger partial charge < -0.3 is 5.32 Å². The third-order valence-corrected chi connectivity index (χ3v) is 4.01. The molecule has 2 aromatic carbocycles. The van der Waals surface area contributed by atoms with E-state index in [1.807, 2.05) is 6.20 Å². The van der Waals surface area contributed by atoms with Crippen LogP contribution in [0.3, 0.4) is 0 Å². The fraction of sp³-hybridized carbons (Fsp3) is 0.235. The van der Waals surface area contributed by atoms with Crippen LogP contribution in [0.5, 0.6) is 0 Å². The van der Waals surface area contributed by atoms with E-state index >= 15 is 0 Å². The number of nitrogens with one attached hydrogen (secondary N) is 2. The maximum absolute atomic E-state index is 4.07. The first-order valence-electron chi connectivity index (χ1n) is 7.15. The Morgan fingerprint density at radius 3 is 2.75 bits per heavy atom. The minimum absolute atomic E-state index is 0.417. The standard InChI is InChI=1S/C17H17N3/c1-2-4-12(5-3-1)17(13-6-7-13)19-15-8-9-16-14(10-15)11-18-20-16/h1-5,8-11,13,17,19H,6-7H2,(H,18,20). The maximum atomic E-state index is 4.07. The molecule has 4 rings (SSSR count). The van der Waals surface area contributed by atoms with Crippen LogP contribution in [0.1, 0.15) is 24.4 Å². The Kier molecular flexibility index (Phi) is 2.69. The van der Waals surface area contributed by atoms with Gasteiger partial charge in [0.25, 0.3) is 0 Å². The van der Waals surface area contributed by atoms with Crippen molar-refractivity contribution in [2.75, 3.05) is 5.32 Å². The van der Waals surface area contributed by atoms with Crippen molar-refractivity contribution >= 4 is 16.6 Å². The van der Waals surface area contributed by atoms with Gasteiger partial charge in [-0.25, -0.2) is 0 Å². The van der Waals surface area contributed by atoms with Gasteiger partial charge in [-0.2, -0.15) is 5.10 Å². The molecule has 3 aromatic rings. The number of anilines is 1. The van der Waals surface area contributed by atoms with Crippen molar-refractivity contribution in [3.63, 3.8) is 0 Å². The third kappa shape index (κ3) is 2.16. The summed E-state index contributed by atoms with van der Waals surface area (Å²) < 4.78 is 0. The van der Waals surface area contributed by atoms with Gasteiger partial charge in [-0.15, -0.1) is 0 Å². The average Bonchev–Trinajstić information content (AvgIpc) is 3.23. The fourth-order valence-corrected chi connectivity index (χ4v) is 2.78. The van der Waals surface area contributed by atoms with Crippen LogP contribution in [0.2, 0.25) is 0 Å². The Balaban J connectivity index is 1.64. The van der Waals surface area contributed by atoms with E-state index < -0.39 is 0 Å². The van der Waals surface area contributed by atoms with Gasteiger partial charge in [0.15, 0.2) is 0 Å². The highest BCUT2D eigenvalue weighted by atomic mass is 15.1. The van der Waals surface area contributed by atoms with Crippen molar-refractivity contribution in [1.29, 1.82) is 0 Å². The summed E-state index contributed by atoms with van der Waals surface area (Å²) in [6.07, 6.45) is 4.51. The largest absolute Gasteiger partial charge is 0.378 e. The van der Waals surface area contributed by atoms with Crippen molar-refractivity contribution in [1.82, 2.24) is 10.2 Å². The Labute approximate surface area is 118 Å². The molecule has 1 unspecified atom stereocenters. The predicted molar refractivity (Wildman–Crippen MR) is 81.6 cm³/mol. The summed E-state index contributed by atoms with van der Waals surface area (Å²) >= 11 is 0.